The molecule has 200 valence electrons. The van der Waals surface area contributed by atoms with Gasteiger partial charge in [-0.15, -0.1) is 0 Å². The summed E-state index contributed by atoms with van der Waals surface area (Å²) >= 11 is 0. The van der Waals surface area contributed by atoms with Crippen molar-refractivity contribution >= 4 is 11.9 Å². The molecule has 2 N–H and O–H groups in total. The molecule has 1 aliphatic rings. The Morgan fingerprint density at radius 3 is 2.45 bits per heavy atom. The molecule has 4 atom stereocenters. The van der Waals surface area contributed by atoms with E-state index in [1.165, 1.54) is 24.9 Å². The number of nitrogens with zero attached hydrogens (tertiary/aromatic N) is 1. The molecule has 8 nitrogen and oxygen atoms in total. The van der Waals surface area contributed by atoms with Gasteiger partial charge in [-0.25, -0.2) is 9.78 Å². The zero-order valence-electron chi connectivity index (χ0n) is 21.7. The number of benzene rings is 2. The minimum absolute atomic E-state index is 0.115. The lowest BCUT2D eigenvalue weighted by atomic mass is 9.86. The molecule has 0 saturated carbocycles. The number of hydrogen-bond acceptors (Lipinski definition) is 7. The number of pyridine rings is 1. The van der Waals surface area contributed by atoms with E-state index in [1.54, 1.807) is 0 Å². The van der Waals surface area contributed by atoms with Gasteiger partial charge in [0.2, 0.25) is 0 Å². The van der Waals surface area contributed by atoms with Gasteiger partial charge in [0.1, 0.15) is 24.0 Å². The summed E-state index contributed by atoms with van der Waals surface area (Å²) in [6.07, 6.45) is 4.02. The van der Waals surface area contributed by atoms with Crippen molar-refractivity contribution in [2.24, 2.45) is 5.92 Å². The number of hydrogen-bond donors (Lipinski definition) is 2. The Hall–Kier alpha value is -4.07. The number of carbonyl (C=O) groups excluding carboxylic acids is 2. The second-order valence-corrected chi connectivity index (χ2v) is 9.51. The first-order valence-electron chi connectivity index (χ1n) is 12.9. The van der Waals surface area contributed by atoms with Crippen molar-refractivity contribution in [2.75, 3.05) is 7.11 Å². The summed E-state index contributed by atoms with van der Waals surface area (Å²) in [5, 5.41) is 13.0. The number of nitrogens with one attached hydrogen (secondary N) is 1. The van der Waals surface area contributed by atoms with E-state index in [0.717, 1.165) is 19.3 Å². The molecule has 2 aromatic carbocycles. The van der Waals surface area contributed by atoms with Crippen LogP contribution in [0.5, 0.6) is 17.2 Å². The number of aromatic nitrogens is 1. The number of methoxy groups -OCH3 is 1. The Balaban J connectivity index is 1.53. The summed E-state index contributed by atoms with van der Waals surface area (Å²) in [7, 11) is 1.38. The minimum Gasteiger partial charge on any atom is -0.503 e. The highest BCUT2D eigenvalue weighted by atomic mass is 16.6. The molecule has 2 heterocycles. The number of rotatable bonds is 7. The van der Waals surface area contributed by atoms with Crippen molar-refractivity contribution in [3.05, 3.63) is 84.2 Å². The van der Waals surface area contributed by atoms with Crippen molar-refractivity contribution in [1.29, 1.82) is 0 Å². The zero-order chi connectivity index (χ0) is 26.9. The summed E-state index contributed by atoms with van der Waals surface area (Å²) in [6, 6.07) is 20.3. The van der Waals surface area contributed by atoms with Gasteiger partial charge in [0.05, 0.1) is 7.11 Å². The molecule has 1 fully saturated rings. The molecule has 0 unspecified atom stereocenters. The van der Waals surface area contributed by atoms with Gasteiger partial charge in [0, 0.05) is 18.2 Å². The number of esters is 1. The molecule has 8 heteroatoms. The van der Waals surface area contributed by atoms with E-state index in [4.69, 9.17) is 14.2 Å². The predicted octanol–water partition coefficient (Wildman–Crippen LogP) is 4.71. The van der Waals surface area contributed by atoms with Crippen LogP contribution >= 0.6 is 0 Å². The van der Waals surface area contributed by atoms with Crippen LogP contribution in [-0.2, 0) is 16.0 Å². The molecule has 3 aromatic rings. The van der Waals surface area contributed by atoms with Crippen LogP contribution in [0.25, 0.3) is 0 Å². The highest BCUT2D eigenvalue weighted by Crippen LogP contribution is 2.30. The normalized spacial score (nSPS) is 22.1. The van der Waals surface area contributed by atoms with Crippen LogP contribution in [-0.4, -0.2) is 47.3 Å². The van der Waals surface area contributed by atoms with Crippen molar-refractivity contribution in [1.82, 2.24) is 10.3 Å². The minimum atomic E-state index is -0.889. The predicted molar refractivity (Wildman–Crippen MR) is 142 cm³/mol. The molecule has 0 spiro atoms. The summed E-state index contributed by atoms with van der Waals surface area (Å²) < 4.78 is 17.4. The Kier molecular flexibility index (Phi) is 9.19. The van der Waals surface area contributed by atoms with E-state index in [1.807, 2.05) is 55.5 Å². The number of cyclic esters (lactones) is 1. The monoisotopic (exact) mass is 518 g/mol. The van der Waals surface area contributed by atoms with Crippen LogP contribution in [0.3, 0.4) is 0 Å². The molecule has 1 aromatic heterocycles. The van der Waals surface area contributed by atoms with Gasteiger partial charge in [-0.1, -0.05) is 61.4 Å². The molecule has 4 rings (SSSR count). The molecule has 0 aliphatic carbocycles. The van der Waals surface area contributed by atoms with Crippen LogP contribution in [0.2, 0.25) is 0 Å². The van der Waals surface area contributed by atoms with Gasteiger partial charge in [-0.2, -0.15) is 0 Å². The number of amides is 1. The van der Waals surface area contributed by atoms with Gasteiger partial charge < -0.3 is 24.6 Å². The lowest BCUT2D eigenvalue weighted by Gasteiger charge is -2.34. The summed E-state index contributed by atoms with van der Waals surface area (Å²) in [6.45, 7) is 1.83. The highest BCUT2D eigenvalue weighted by Gasteiger charge is 2.35. The number of para-hydroxylation sites is 1. The molecule has 0 radical (unpaired) electrons. The maximum Gasteiger partial charge on any atom is 0.329 e. The van der Waals surface area contributed by atoms with E-state index in [-0.39, 0.29) is 29.2 Å². The molecule has 0 bridgehead atoms. The van der Waals surface area contributed by atoms with Crippen LogP contribution in [0, 0.1) is 5.92 Å². The third kappa shape index (κ3) is 6.82. The fourth-order valence-electron chi connectivity index (χ4n) is 4.86. The van der Waals surface area contributed by atoms with Crippen molar-refractivity contribution in [3.8, 4) is 17.2 Å². The van der Waals surface area contributed by atoms with E-state index < -0.39 is 24.0 Å². The first kappa shape index (κ1) is 27.0. The average Bonchev–Trinajstić information content (AvgIpc) is 2.93. The van der Waals surface area contributed by atoms with Crippen LogP contribution < -0.4 is 14.8 Å². The fourth-order valence-corrected chi connectivity index (χ4v) is 4.86. The first-order chi connectivity index (χ1) is 18.5. The first-order valence-corrected chi connectivity index (χ1v) is 12.9. The van der Waals surface area contributed by atoms with Crippen LogP contribution in [0.15, 0.2) is 72.9 Å². The number of carbonyl (C=O) groups is 2. The van der Waals surface area contributed by atoms with Crippen LogP contribution in [0.1, 0.15) is 48.7 Å². The second-order valence-electron chi connectivity index (χ2n) is 9.51. The Labute approximate surface area is 223 Å². The lowest BCUT2D eigenvalue weighted by molar-refractivity contribution is -0.157. The Morgan fingerprint density at radius 1 is 1.05 bits per heavy atom. The van der Waals surface area contributed by atoms with Crippen molar-refractivity contribution in [2.45, 2.75) is 57.3 Å². The summed E-state index contributed by atoms with van der Waals surface area (Å²) in [4.78, 5) is 30.2. The van der Waals surface area contributed by atoms with Crippen molar-refractivity contribution in [3.63, 3.8) is 0 Å². The number of ether oxygens (including phenoxy) is 3. The third-order valence-corrected chi connectivity index (χ3v) is 6.82. The molecular formula is C30H34N2O6. The van der Waals surface area contributed by atoms with Crippen LogP contribution in [0.4, 0.5) is 0 Å². The van der Waals surface area contributed by atoms with E-state index in [9.17, 15) is 14.7 Å². The molecular weight excluding hydrogens is 484 g/mol. The molecule has 1 amide bonds. The SMILES string of the molecule is COc1ccnc(C(=O)N[C@H]2CCCC[C@H](Cc3ccccc3)[C@@H](Oc3ccccc3)[C@H](C)OC2=O)c1O. The Morgan fingerprint density at radius 2 is 1.74 bits per heavy atom. The van der Waals surface area contributed by atoms with Crippen molar-refractivity contribution < 1.29 is 28.9 Å². The quantitative estimate of drug-likeness (QED) is 0.437. The van der Waals surface area contributed by atoms with Gasteiger partial charge >= 0.3 is 5.97 Å². The smallest absolute Gasteiger partial charge is 0.329 e. The molecule has 1 aliphatic heterocycles. The highest BCUT2D eigenvalue weighted by molar-refractivity contribution is 5.97. The maximum absolute atomic E-state index is 13.3. The summed E-state index contributed by atoms with van der Waals surface area (Å²) in [5.41, 5.74) is 0.987. The van der Waals surface area contributed by atoms with Gasteiger partial charge in [-0.05, 0) is 43.9 Å². The van der Waals surface area contributed by atoms with E-state index in [0.29, 0.717) is 18.6 Å². The van der Waals surface area contributed by atoms with Gasteiger partial charge in [-0.3, -0.25) is 4.79 Å². The fraction of sp³-hybridized carbons (Fsp3) is 0.367. The topological polar surface area (TPSA) is 107 Å². The maximum atomic E-state index is 13.3. The van der Waals surface area contributed by atoms with E-state index >= 15 is 0 Å². The molecule has 1 saturated heterocycles. The molecule has 38 heavy (non-hydrogen) atoms. The Bertz CT molecular complexity index is 1200. The third-order valence-electron chi connectivity index (χ3n) is 6.82. The average molecular weight is 519 g/mol. The van der Waals surface area contributed by atoms with E-state index in [2.05, 4.69) is 22.4 Å². The zero-order valence-corrected chi connectivity index (χ0v) is 21.7. The van der Waals surface area contributed by atoms with Gasteiger partial charge in [0.25, 0.3) is 5.91 Å². The summed E-state index contributed by atoms with van der Waals surface area (Å²) in [5.74, 6) is -0.654. The van der Waals surface area contributed by atoms with Gasteiger partial charge in [0.15, 0.2) is 17.2 Å². The lowest BCUT2D eigenvalue weighted by Crippen LogP contribution is -2.47. The largest absolute Gasteiger partial charge is 0.503 e. The second kappa shape index (κ2) is 12.9. The standard InChI is InChI=1S/C30H34N2O6/c1-20-28(38-23-14-7-4-8-15-23)22(19-21-11-5-3-6-12-21)13-9-10-16-24(30(35)37-20)32-29(34)26-27(33)25(36-2)17-18-31-26/h3-8,11-12,14-15,17-18,20,22,24,28,33H,9-10,13,16,19H2,1-2H3,(H,32,34)/t20-,22+,24-,28-/m0/s1. The number of aromatic hydroxyl groups is 1.